The zero-order valence-electron chi connectivity index (χ0n) is 11.9. The third-order valence-corrected chi connectivity index (χ3v) is 3.37. The lowest BCUT2D eigenvalue weighted by atomic mass is 9.91. The largest absolute Gasteiger partial charge is 0.474 e. The highest BCUT2D eigenvalue weighted by Gasteiger charge is 2.26. The van der Waals surface area contributed by atoms with Crippen LogP contribution in [0.1, 0.15) is 39.5 Å². The van der Waals surface area contributed by atoms with Gasteiger partial charge in [0.15, 0.2) is 5.82 Å². The van der Waals surface area contributed by atoms with E-state index in [9.17, 15) is 0 Å². The summed E-state index contributed by atoms with van der Waals surface area (Å²) in [6, 6.07) is 0.593. The first-order valence-electron chi connectivity index (χ1n) is 7.16. The molecule has 1 aromatic heterocycles. The summed E-state index contributed by atoms with van der Waals surface area (Å²) in [5, 5.41) is 0. The molecule has 0 atom stereocenters. The number of hydrogen-bond acceptors (Lipinski definition) is 5. The molecule has 19 heavy (non-hydrogen) atoms. The van der Waals surface area contributed by atoms with Crippen molar-refractivity contribution in [2.24, 2.45) is 5.73 Å². The van der Waals surface area contributed by atoms with Crippen molar-refractivity contribution in [1.82, 2.24) is 9.97 Å². The van der Waals surface area contributed by atoms with Gasteiger partial charge in [0.25, 0.3) is 0 Å². The summed E-state index contributed by atoms with van der Waals surface area (Å²) in [6.45, 7) is 5.64. The van der Waals surface area contributed by atoms with E-state index < -0.39 is 0 Å². The van der Waals surface area contributed by atoms with E-state index in [1.54, 1.807) is 6.20 Å². The highest BCUT2D eigenvalue weighted by molar-refractivity contribution is 5.39. The van der Waals surface area contributed by atoms with Crippen LogP contribution in [0.4, 0.5) is 5.82 Å². The molecule has 1 fully saturated rings. The first-order chi connectivity index (χ1) is 9.20. The van der Waals surface area contributed by atoms with Crippen LogP contribution in [0, 0.1) is 0 Å². The summed E-state index contributed by atoms with van der Waals surface area (Å²) >= 11 is 0. The van der Waals surface area contributed by atoms with Crippen molar-refractivity contribution in [1.29, 1.82) is 0 Å². The number of hydrogen-bond donors (Lipinski definition) is 1. The maximum Gasteiger partial charge on any atom is 0.234 e. The van der Waals surface area contributed by atoms with Gasteiger partial charge in [-0.25, -0.2) is 0 Å². The molecule has 0 radical (unpaired) electrons. The SMILES string of the molecule is CC(C)Oc1cncc(N(CCCN)C2CCC2)n1. The second-order valence-corrected chi connectivity index (χ2v) is 5.30. The van der Waals surface area contributed by atoms with Crippen LogP contribution in [-0.2, 0) is 0 Å². The Kier molecular flexibility index (Phi) is 4.96. The van der Waals surface area contributed by atoms with Crippen LogP contribution in [0.2, 0.25) is 0 Å². The lowest BCUT2D eigenvalue weighted by Gasteiger charge is -2.38. The first-order valence-corrected chi connectivity index (χ1v) is 7.16. The van der Waals surface area contributed by atoms with E-state index in [1.807, 2.05) is 20.0 Å². The van der Waals surface area contributed by atoms with Crippen molar-refractivity contribution in [2.45, 2.75) is 51.7 Å². The highest BCUT2D eigenvalue weighted by atomic mass is 16.5. The van der Waals surface area contributed by atoms with Crippen molar-refractivity contribution >= 4 is 5.82 Å². The summed E-state index contributed by atoms with van der Waals surface area (Å²) in [4.78, 5) is 11.1. The van der Waals surface area contributed by atoms with Gasteiger partial charge in [0.05, 0.1) is 18.5 Å². The summed E-state index contributed by atoms with van der Waals surface area (Å²) in [5.74, 6) is 1.51. The Bertz CT molecular complexity index is 393. The predicted octanol–water partition coefficient (Wildman–Crippen LogP) is 1.97. The maximum absolute atomic E-state index is 5.62. The van der Waals surface area contributed by atoms with Gasteiger partial charge in [0.2, 0.25) is 5.88 Å². The molecule has 106 valence electrons. The molecular weight excluding hydrogens is 240 g/mol. The molecule has 0 aromatic carbocycles. The van der Waals surface area contributed by atoms with Gasteiger partial charge < -0.3 is 15.4 Å². The van der Waals surface area contributed by atoms with Crippen molar-refractivity contribution in [2.75, 3.05) is 18.0 Å². The Morgan fingerprint density at radius 2 is 2.21 bits per heavy atom. The van der Waals surface area contributed by atoms with Gasteiger partial charge in [0, 0.05) is 12.6 Å². The second kappa shape index (κ2) is 6.70. The number of nitrogens with zero attached hydrogens (tertiary/aromatic N) is 3. The third kappa shape index (κ3) is 3.80. The Morgan fingerprint density at radius 3 is 2.79 bits per heavy atom. The average Bonchev–Trinajstić information content (AvgIpc) is 2.31. The molecule has 1 aromatic rings. The van der Waals surface area contributed by atoms with Crippen LogP contribution < -0.4 is 15.4 Å². The first kappa shape index (κ1) is 14.1. The van der Waals surface area contributed by atoms with Crippen LogP contribution in [0.3, 0.4) is 0 Å². The van der Waals surface area contributed by atoms with E-state index in [1.165, 1.54) is 19.3 Å². The quantitative estimate of drug-likeness (QED) is 0.815. The molecule has 1 aliphatic rings. The molecule has 5 heteroatoms. The normalized spacial score (nSPS) is 15.4. The fraction of sp³-hybridized carbons (Fsp3) is 0.714. The monoisotopic (exact) mass is 264 g/mol. The maximum atomic E-state index is 5.62. The Morgan fingerprint density at radius 1 is 1.42 bits per heavy atom. The molecule has 5 nitrogen and oxygen atoms in total. The molecule has 2 rings (SSSR count). The number of anilines is 1. The Hall–Kier alpha value is -1.36. The molecule has 1 saturated carbocycles. The van der Waals surface area contributed by atoms with Crippen LogP contribution in [-0.4, -0.2) is 35.2 Å². The summed E-state index contributed by atoms with van der Waals surface area (Å²) in [6.07, 6.45) is 8.37. The van der Waals surface area contributed by atoms with E-state index in [2.05, 4.69) is 14.9 Å². The van der Waals surface area contributed by atoms with Gasteiger partial charge in [-0.2, -0.15) is 4.98 Å². The van der Waals surface area contributed by atoms with E-state index in [0.717, 1.165) is 18.8 Å². The van der Waals surface area contributed by atoms with Crippen LogP contribution in [0.5, 0.6) is 5.88 Å². The van der Waals surface area contributed by atoms with Gasteiger partial charge in [-0.1, -0.05) is 0 Å². The Labute approximate surface area is 115 Å². The molecule has 0 spiro atoms. The predicted molar refractivity (Wildman–Crippen MR) is 76.5 cm³/mol. The van der Waals surface area contributed by atoms with E-state index in [-0.39, 0.29) is 6.10 Å². The zero-order chi connectivity index (χ0) is 13.7. The number of rotatable bonds is 7. The van der Waals surface area contributed by atoms with Crippen LogP contribution >= 0.6 is 0 Å². The third-order valence-electron chi connectivity index (χ3n) is 3.37. The zero-order valence-corrected chi connectivity index (χ0v) is 11.9. The van der Waals surface area contributed by atoms with Crippen LogP contribution in [0.25, 0.3) is 0 Å². The summed E-state index contributed by atoms with van der Waals surface area (Å²) in [5.41, 5.74) is 5.62. The molecule has 0 amide bonds. The highest BCUT2D eigenvalue weighted by Crippen LogP contribution is 2.29. The van der Waals surface area contributed by atoms with Crippen molar-refractivity contribution < 1.29 is 4.74 Å². The van der Waals surface area contributed by atoms with Crippen molar-refractivity contribution in [3.05, 3.63) is 12.4 Å². The molecular formula is C14H24N4O. The van der Waals surface area contributed by atoms with Crippen molar-refractivity contribution in [3.8, 4) is 5.88 Å². The topological polar surface area (TPSA) is 64.3 Å². The minimum Gasteiger partial charge on any atom is -0.474 e. The molecule has 1 aliphatic carbocycles. The van der Waals surface area contributed by atoms with E-state index in [0.29, 0.717) is 18.5 Å². The lowest BCUT2D eigenvalue weighted by Crippen LogP contribution is -2.42. The Balaban J connectivity index is 2.10. The number of ether oxygens (including phenoxy) is 1. The minimum atomic E-state index is 0.116. The fourth-order valence-corrected chi connectivity index (χ4v) is 2.22. The average molecular weight is 264 g/mol. The van der Waals surface area contributed by atoms with Gasteiger partial charge in [-0.3, -0.25) is 4.98 Å². The minimum absolute atomic E-state index is 0.116. The standard InChI is InChI=1S/C14H24N4O/c1-11(2)19-14-10-16-9-13(17-14)18(8-4-7-15)12-5-3-6-12/h9-12H,3-8,15H2,1-2H3. The smallest absolute Gasteiger partial charge is 0.234 e. The molecule has 0 aliphatic heterocycles. The van der Waals surface area contributed by atoms with Gasteiger partial charge in [-0.15, -0.1) is 0 Å². The fourth-order valence-electron chi connectivity index (χ4n) is 2.22. The van der Waals surface area contributed by atoms with Gasteiger partial charge in [-0.05, 0) is 46.1 Å². The van der Waals surface area contributed by atoms with Gasteiger partial charge >= 0.3 is 0 Å². The summed E-state index contributed by atoms with van der Waals surface area (Å²) < 4.78 is 5.62. The van der Waals surface area contributed by atoms with Crippen LogP contribution in [0.15, 0.2) is 12.4 Å². The molecule has 2 N–H and O–H groups in total. The molecule has 0 bridgehead atoms. The molecule has 0 unspecified atom stereocenters. The van der Waals surface area contributed by atoms with E-state index in [4.69, 9.17) is 10.5 Å². The second-order valence-electron chi connectivity index (χ2n) is 5.30. The lowest BCUT2D eigenvalue weighted by molar-refractivity contribution is 0.231. The van der Waals surface area contributed by atoms with Gasteiger partial charge in [0.1, 0.15) is 0 Å². The molecule has 0 saturated heterocycles. The number of nitrogens with two attached hydrogens (primary N) is 1. The van der Waals surface area contributed by atoms with E-state index >= 15 is 0 Å². The number of aromatic nitrogens is 2. The molecule has 1 heterocycles. The summed E-state index contributed by atoms with van der Waals surface area (Å²) in [7, 11) is 0. The van der Waals surface area contributed by atoms with Crippen molar-refractivity contribution in [3.63, 3.8) is 0 Å².